The van der Waals surface area contributed by atoms with Crippen LogP contribution in [0.5, 0.6) is 5.75 Å². The van der Waals surface area contributed by atoms with Crippen LogP contribution in [0.2, 0.25) is 0 Å². The lowest BCUT2D eigenvalue weighted by Gasteiger charge is -2.47. The molecule has 3 aromatic carbocycles. The molecule has 176 valence electrons. The van der Waals surface area contributed by atoms with E-state index >= 15 is 0 Å². The van der Waals surface area contributed by atoms with E-state index in [4.69, 9.17) is 14.5 Å². The van der Waals surface area contributed by atoms with E-state index in [-0.39, 0.29) is 5.41 Å². The van der Waals surface area contributed by atoms with Crippen molar-refractivity contribution in [1.82, 2.24) is 0 Å². The highest BCUT2D eigenvalue weighted by Crippen LogP contribution is 2.56. The number of likely N-dealkylation sites (N-methyl/N-ethyl adjacent to an activating group) is 1. The quantitative estimate of drug-likeness (QED) is 0.447. The van der Waals surface area contributed by atoms with Crippen molar-refractivity contribution in [2.45, 2.75) is 51.2 Å². The van der Waals surface area contributed by atoms with Crippen molar-refractivity contribution in [3.8, 4) is 5.75 Å². The maximum absolute atomic E-state index is 7.14. The maximum atomic E-state index is 7.14. The second kappa shape index (κ2) is 7.66. The highest BCUT2D eigenvalue weighted by atomic mass is 16.6. The van der Waals surface area contributed by atoms with Crippen LogP contribution < -0.4 is 14.5 Å². The molecule has 1 fully saturated rings. The molecule has 3 heterocycles. The van der Waals surface area contributed by atoms with Crippen LogP contribution in [0.25, 0.3) is 10.8 Å². The zero-order valence-corrected chi connectivity index (χ0v) is 20.6. The lowest BCUT2D eigenvalue weighted by atomic mass is 9.76. The molecule has 0 aromatic heterocycles. The Kier molecular flexibility index (Phi) is 4.80. The fraction of sp³-hybridized carbons (Fsp3) is 0.414. The fourth-order valence-corrected chi connectivity index (χ4v) is 6.23. The highest BCUT2D eigenvalue weighted by molar-refractivity contribution is 6.08. The van der Waals surface area contributed by atoms with E-state index in [0.29, 0.717) is 12.5 Å². The Labute approximate surface area is 202 Å². The molecule has 1 atom stereocenters. The van der Waals surface area contributed by atoms with Gasteiger partial charge in [0.15, 0.2) is 5.75 Å². The van der Waals surface area contributed by atoms with Crippen LogP contribution in [-0.4, -0.2) is 38.4 Å². The van der Waals surface area contributed by atoms with Crippen molar-refractivity contribution in [3.63, 3.8) is 0 Å². The topological polar surface area (TPSA) is 37.3 Å². The second-order valence-corrected chi connectivity index (χ2v) is 10.1. The minimum Gasteiger partial charge on any atom is -0.477 e. The van der Waals surface area contributed by atoms with E-state index in [1.807, 2.05) is 6.92 Å². The Morgan fingerprint density at radius 1 is 0.941 bits per heavy atom. The average Bonchev–Trinajstić information content (AvgIpc) is 3.03. The molecule has 0 N–H and O–H groups in total. The SMILES string of the molecule is CCOC1=Nc2c(cc(N3CCCCC3)c3ccccc23)O[C@]12N(C)c1ccccc1C2(C)C. The standard InChI is InChI=1S/C29H33N3O2/c1-5-33-27-29(28(2,3)22-15-9-10-16-23(22)31(29)4)34-25-19-24(32-17-11-6-12-18-32)20-13-7-8-14-21(20)26(25)30-27/h7-10,13-16,19H,5-6,11-12,17-18H2,1-4H3/t29-/m1/s1. The van der Waals surface area contributed by atoms with Crippen LogP contribution in [0.15, 0.2) is 59.6 Å². The number of nitrogens with zero attached hydrogens (tertiary/aromatic N) is 3. The first kappa shape index (κ1) is 21.3. The molecular weight excluding hydrogens is 422 g/mol. The number of hydrogen-bond donors (Lipinski definition) is 0. The summed E-state index contributed by atoms with van der Waals surface area (Å²) in [6, 6.07) is 19.3. The Morgan fingerprint density at radius 3 is 2.38 bits per heavy atom. The zero-order chi connectivity index (χ0) is 23.5. The Balaban J connectivity index is 1.60. The van der Waals surface area contributed by atoms with Crippen LogP contribution in [-0.2, 0) is 10.2 Å². The number of piperidine rings is 1. The Morgan fingerprint density at radius 2 is 1.65 bits per heavy atom. The normalized spacial score (nSPS) is 22.9. The van der Waals surface area contributed by atoms with Gasteiger partial charge in [-0.15, -0.1) is 0 Å². The first-order valence-electron chi connectivity index (χ1n) is 12.5. The number of anilines is 2. The lowest BCUT2D eigenvalue weighted by Crippen LogP contribution is -2.65. The number of hydrogen-bond acceptors (Lipinski definition) is 5. The van der Waals surface area contributed by atoms with E-state index in [0.717, 1.165) is 35.6 Å². The summed E-state index contributed by atoms with van der Waals surface area (Å²) in [5, 5.41) is 2.34. The summed E-state index contributed by atoms with van der Waals surface area (Å²) in [7, 11) is 2.10. The largest absolute Gasteiger partial charge is 0.477 e. The number of benzene rings is 3. The summed E-state index contributed by atoms with van der Waals surface area (Å²) in [5.74, 6) is 1.46. The van der Waals surface area contributed by atoms with Gasteiger partial charge in [-0.05, 0) is 51.7 Å². The smallest absolute Gasteiger partial charge is 0.268 e. The van der Waals surface area contributed by atoms with Crippen molar-refractivity contribution in [1.29, 1.82) is 0 Å². The molecule has 1 spiro atoms. The Bertz CT molecular complexity index is 1290. The maximum Gasteiger partial charge on any atom is 0.268 e. The third kappa shape index (κ3) is 2.76. The van der Waals surface area contributed by atoms with Gasteiger partial charge in [-0.1, -0.05) is 42.5 Å². The van der Waals surface area contributed by atoms with Crippen LogP contribution in [0, 0.1) is 0 Å². The third-order valence-electron chi connectivity index (χ3n) is 7.96. The molecule has 3 aliphatic heterocycles. The minimum atomic E-state index is -0.860. The number of ether oxygens (including phenoxy) is 2. The molecule has 0 unspecified atom stereocenters. The van der Waals surface area contributed by atoms with Crippen molar-refractivity contribution in [2.75, 3.05) is 36.5 Å². The van der Waals surface area contributed by atoms with Gasteiger partial charge in [0.05, 0.1) is 12.0 Å². The molecule has 0 amide bonds. The summed E-state index contributed by atoms with van der Waals surface area (Å²) in [5.41, 5.74) is 3.27. The highest BCUT2D eigenvalue weighted by Gasteiger charge is 2.64. The molecule has 5 heteroatoms. The molecule has 0 bridgehead atoms. The van der Waals surface area contributed by atoms with Gasteiger partial charge in [0.25, 0.3) is 11.6 Å². The molecule has 0 aliphatic carbocycles. The first-order chi connectivity index (χ1) is 16.5. The lowest BCUT2D eigenvalue weighted by molar-refractivity contribution is 0.0497. The average molecular weight is 456 g/mol. The van der Waals surface area contributed by atoms with E-state index < -0.39 is 5.72 Å². The van der Waals surface area contributed by atoms with Crippen molar-refractivity contribution in [2.24, 2.45) is 4.99 Å². The van der Waals surface area contributed by atoms with Crippen molar-refractivity contribution < 1.29 is 9.47 Å². The predicted molar refractivity (Wildman–Crippen MR) is 140 cm³/mol. The van der Waals surface area contributed by atoms with E-state index in [9.17, 15) is 0 Å². The molecule has 0 radical (unpaired) electrons. The summed E-state index contributed by atoms with van der Waals surface area (Å²) < 4.78 is 13.4. The van der Waals surface area contributed by atoms with Crippen molar-refractivity contribution >= 4 is 33.7 Å². The van der Waals surface area contributed by atoms with Crippen LogP contribution >= 0.6 is 0 Å². The molecule has 3 aliphatic rings. The van der Waals surface area contributed by atoms with Gasteiger partial charge in [-0.3, -0.25) is 0 Å². The zero-order valence-electron chi connectivity index (χ0n) is 20.6. The van der Waals surface area contributed by atoms with Crippen LogP contribution in [0.4, 0.5) is 17.1 Å². The first-order valence-corrected chi connectivity index (χ1v) is 12.5. The van der Waals surface area contributed by atoms with Gasteiger partial charge in [-0.25, -0.2) is 4.99 Å². The van der Waals surface area contributed by atoms with E-state index in [2.05, 4.69) is 85.3 Å². The molecule has 5 nitrogen and oxygen atoms in total. The fourth-order valence-electron chi connectivity index (χ4n) is 6.23. The molecule has 34 heavy (non-hydrogen) atoms. The summed E-state index contributed by atoms with van der Waals surface area (Å²) in [6.45, 7) is 9.18. The van der Waals surface area contributed by atoms with Crippen LogP contribution in [0.3, 0.4) is 0 Å². The summed E-state index contributed by atoms with van der Waals surface area (Å²) in [4.78, 5) is 9.96. The van der Waals surface area contributed by atoms with Gasteiger partial charge in [0, 0.05) is 48.4 Å². The molecule has 3 aromatic rings. The number of rotatable bonds is 2. The summed E-state index contributed by atoms with van der Waals surface area (Å²) >= 11 is 0. The van der Waals surface area contributed by atoms with Gasteiger partial charge < -0.3 is 19.3 Å². The molecular formula is C29H33N3O2. The molecule has 0 saturated carbocycles. The number of para-hydroxylation sites is 1. The van der Waals surface area contributed by atoms with E-state index in [1.165, 1.54) is 35.9 Å². The molecule has 6 rings (SSSR count). The van der Waals surface area contributed by atoms with Gasteiger partial charge in [-0.2, -0.15) is 0 Å². The van der Waals surface area contributed by atoms with Crippen LogP contribution in [0.1, 0.15) is 45.6 Å². The second-order valence-electron chi connectivity index (χ2n) is 10.1. The minimum absolute atomic E-state index is 0.374. The summed E-state index contributed by atoms with van der Waals surface area (Å²) in [6.07, 6.45) is 3.76. The number of fused-ring (bicyclic) bond motifs is 4. The van der Waals surface area contributed by atoms with E-state index in [1.54, 1.807) is 0 Å². The van der Waals surface area contributed by atoms with Gasteiger partial charge >= 0.3 is 0 Å². The van der Waals surface area contributed by atoms with Gasteiger partial charge in [0.1, 0.15) is 5.69 Å². The monoisotopic (exact) mass is 455 g/mol. The molecule has 1 saturated heterocycles. The van der Waals surface area contributed by atoms with Crippen molar-refractivity contribution in [3.05, 3.63) is 60.2 Å². The predicted octanol–water partition coefficient (Wildman–Crippen LogP) is 6.41. The van der Waals surface area contributed by atoms with Gasteiger partial charge in [0.2, 0.25) is 0 Å². The number of aliphatic imine (C=N–C) groups is 1. The Hall–Kier alpha value is -3.21. The third-order valence-corrected chi connectivity index (χ3v) is 7.96.